The van der Waals surface area contributed by atoms with Gasteiger partial charge in [-0.25, -0.2) is 4.98 Å². The minimum atomic E-state index is -0.0281. The third-order valence-corrected chi connectivity index (χ3v) is 3.70. The van der Waals surface area contributed by atoms with Crippen molar-refractivity contribution in [2.75, 3.05) is 20.1 Å². The van der Waals surface area contributed by atoms with E-state index in [9.17, 15) is 4.79 Å². The number of hydrogen-bond donors (Lipinski definition) is 3. The average molecular weight is 425 g/mol. The Balaban J connectivity index is 0.00000400. The monoisotopic (exact) mass is 425 g/mol. The Labute approximate surface area is 147 Å². The number of aromatic nitrogens is 1. The Morgan fingerprint density at radius 1 is 1.29 bits per heavy atom. The molecular formula is C13H24IN5OS. The van der Waals surface area contributed by atoms with Gasteiger partial charge in [-0.2, -0.15) is 0 Å². The number of nitrogens with one attached hydrogen (secondary N) is 3. The van der Waals surface area contributed by atoms with Crippen LogP contribution in [0.15, 0.2) is 4.99 Å². The lowest BCUT2D eigenvalue weighted by atomic mass is 10.4. The van der Waals surface area contributed by atoms with Gasteiger partial charge < -0.3 is 16.0 Å². The zero-order valence-electron chi connectivity index (χ0n) is 12.9. The second-order valence-electron chi connectivity index (χ2n) is 4.37. The maximum atomic E-state index is 11.5. The lowest BCUT2D eigenvalue weighted by Gasteiger charge is -2.11. The van der Waals surface area contributed by atoms with E-state index in [1.807, 2.05) is 20.8 Å². The van der Waals surface area contributed by atoms with E-state index >= 15 is 0 Å². The predicted octanol–water partition coefficient (Wildman–Crippen LogP) is 1.57. The second-order valence-corrected chi connectivity index (χ2v) is 5.66. The number of aryl methyl sites for hydroxylation is 2. The second kappa shape index (κ2) is 10.8. The Hall–Kier alpha value is -0.900. The van der Waals surface area contributed by atoms with Gasteiger partial charge in [-0.05, 0) is 20.3 Å². The fraction of sp³-hybridized carbons (Fsp3) is 0.615. The molecule has 1 aromatic rings. The van der Waals surface area contributed by atoms with Gasteiger partial charge in [-0.1, -0.05) is 6.92 Å². The molecule has 3 N–H and O–H groups in total. The van der Waals surface area contributed by atoms with Gasteiger partial charge in [0.15, 0.2) is 5.96 Å². The molecule has 0 aliphatic rings. The van der Waals surface area contributed by atoms with Crippen molar-refractivity contribution in [1.82, 2.24) is 20.9 Å². The molecule has 1 aromatic heterocycles. The maximum Gasteiger partial charge on any atom is 0.239 e. The van der Waals surface area contributed by atoms with E-state index in [2.05, 4.69) is 25.9 Å². The summed E-state index contributed by atoms with van der Waals surface area (Å²) in [6.45, 7) is 7.59. The molecule has 0 fully saturated rings. The van der Waals surface area contributed by atoms with Crippen LogP contribution < -0.4 is 16.0 Å². The van der Waals surface area contributed by atoms with E-state index in [1.54, 1.807) is 18.4 Å². The minimum Gasteiger partial charge on any atom is -0.355 e. The molecule has 6 nitrogen and oxygen atoms in total. The van der Waals surface area contributed by atoms with E-state index in [1.165, 1.54) is 4.88 Å². The summed E-state index contributed by atoms with van der Waals surface area (Å²) in [6.07, 6.45) is 0.933. The van der Waals surface area contributed by atoms with E-state index in [-0.39, 0.29) is 36.4 Å². The maximum absolute atomic E-state index is 11.5. The van der Waals surface area contributed by atoms with E-state index < -0.39 is 0 Å². The van der Waals surface area contributed by atoms with Gasteiger partial charge in [0.2, 0.25) is 5.91 Å². The Bertz CT molecular complexity index is 475. The largest absolute Gasteiger partial charge is 0.355 e. The molecule has 0 aliphatic carbocycles. The third-order valence-electron chi connectivity index (χ3n) is 2.63. The van der Waals surface area contributed by atoms with Gasteiger partial charge in [0.25, 0.3) is 0 Å². The van der Waals surface area contributed by atoms with Crippen LogP contribution in [0.4, 0.5) is 0 Å². The molecule has 120 valence electrons. The first-order chi connectivity index (χ1) is 9.56. The number of rotatable bonds is 6. The molecule has 0 radical (unpaired) electrons. The molecule has 0 aliphatic heterocycles. The highest BCUT2D eigenvalue weighted by Crippen LogP contribution is 2.16. The van der Waals surface area contributed by atoms with Gasteiger partial charge in [-0.3, -0.25) is 9.79 Å². The summed E-state index contributed by atoms with van der Waals surface area (Å²) in [4.78, 5) is 21.1. The van der Waals surface area contributed by atoms with Gasteiger partial charge in [0.1, 0.15) is 0 Å². The Morgan fingerprint density at radius 3 is 2.52 bits per heavy atom. The SMILES string of the molecule is CCCNC(=O)CNC(=NC)NCc1sc(C)nc1C.I. The molecule has 8 heteroatoms. The lowest BCUT2D eigenvalue weighted by molar-refractivity contribution is -0.120. The number of halogens is 1. The highest BCUT2D eigenvalue weighted by molar-refractivity contribution is 14.0. The van der Waals surface area contributed by atoms with Crippen molar-refractivity contribution in [1.29, 1.82) is 0 Å². The minimum absolute atomic E-state index is 0. The van der Waals surface area contributed by atoms with Crippen molar-refractivity contribution in [3.05, 3.63) is 15.6 Å². The van der Waals surface area contributed by atoms with Crippen LogP contribution in [0, 0.1) is 13.8 Å². The van der Waals surface area contributed by atoms with Crippen molar-refractivity contribution < 1.29 is 4.79 Å². The summed E-state index contributed by atoms with van der Waals surface area (Å²) in [5, 5.41) is 10.0. The number of guanidine groups is 1. The number of hydrogen-bond acceptors (Lipinski definition) is 4. The quantitative estimate of drug-likeness (QED) is 0.367. The average Bonchev–Trinajstić information content (AvgIpc) is 2.75. The first-order valence-electron chi connectivity index (χ1n) is 6.71. The molecular weight excluding hydrogens is 401 g/mol. The van der Waals surface area contributed by atoms with Crippen LogP contribution in [0.2, 0.25) is 0 Å². The van der Waals surface area contributed by atoms with Crippen LogP contribution >= 0.6 is 35.3 Å². The number of carbonyl (C=O) groups excluding carboxylic acids is 1. The fourth-order valence-electron chi connectivity index (χ4n) is 1.61. The highest BCUT2D eigenvalue weighted by atomic mass is 127. The predicted molar refractivity (Wildman–Crippen MR) is 98.5 cm³/mol. The zero-order chi connectivity index (χ0) is 15.0. The van der Waals surface area contributed by atoms with Crippen LogP contribution in [0.1, 0.15) is 28.9 Å². The lowest BCUT2D eigenvalue weighted by Crippen LogP contribution is -2.43. The van der Waals surface area contributed by atoms with Crippen molar-refractivity contribution >= 4 is 47.2 Å². The number of aliphatic imine (C=N–C) groups is 1. The zero-order valence-corrected chi connectivity index (χ0v) is 16.1. The standard InChI is InChI=1S/C13H23N5OS.HI/c1-5-6-15-12(19)8-17-13(14-4)16-7-11-9(2)18-10(3)20-11;/h5-8H2,1-4H3,(H,15,19)(H2,14,16,17);1H. The number of carbonyl (C=O) groups is 1. The molecule has 0 saturated heterocycles. The van der Waals surface area contributed by atoms with E-state index in [0.29, 0.717) is 19.0 Å². The first-order valence-corrected chi connectivity index (χ1v) is 7.52. The molecule has 1 heterocycles. The molecule has 21 heavy (non-hydrogen) atoms. The molecule has 1 amide bonds. The van der Waals surface area contributed by atoms with Crippen LogP contribution in [0.25, 0.3) is 0 Å². The van der Waals surface area contributed by atoms with E-state index in [0.717, 1.165) is 17.1 Å². The number of nitrogens with zero attached hydrogens (tertiary/aromatic N) is 2. The van der Waals surface area contributed by atoms with E-state index in [4.69, 9.17) is 0 Å². The summed E-state index contributed by atoms with van der Waals surface area (Å²) in [6, 6.07) is 0. The van der Waals surface area contributed by atoms with Crippen LogP contribution in [0.5, 0.6) is 0 Å². The fourth-order valence-corrected chi connectivity index (χ4v) is 2.49. The van der Waals surface area contributed by atoms with Gasteiger partial charge in [0, 0.05) is 18.5 Å². The summed E-state index contributed by atoms with van der Waals surface area (Å²) in [5.74, 6) is 0.585. The Kier molecular flexibility index (Phi) is 10.3. The molecule has 0 spiro atoms. The topological polar surface area (TPSA) is 78.4 Å². The normalized spacial score (nSPS) is 10.8. The van der Waals surface area contributed by atoms with Gasteiger partial charge in [0.05, 0.1) is 23.8 Å². The van der Waals surface area contributed by atoms with Crippen molar-refractivity contribution in [3.63, 3.8) is 0 Å². The number of amides is 1. The van der Waals surface area contributed by atoms with Crippen LogP contribution in [0.3, 0.4) is 0 Å². The molecule has 0 atom stereocenters. The van der Waals surface area contributed by atoms with Crippen LogP contribution in [-0.2, 0) is 11.3 Å². The molecule has 0 unspecified atom stereocenters. The highest BCUT2D eigenvalue weighted by Gasteiger charge is 2.06. The van der Waals surface area contributed by atoms with Crippen molar-refractivity contribution in [3.8, 4) is 0 Å². The molecule has 0 bridgehead atoms. The molecule has 0 saturated carbocycles. The van der Waals surface area contributed by atoms with Crippen LogP contribution in [-0.4, -0.2) is 37.0 Å². The van der Waals surface area contributed by atoms with Gasteiger partial charge >= 0.3 is 0 Å². The molecule has 0 aromatic carbocycles. The summed E-state index contributed by atoms with van der Waals surface area (Å²) in [5.41, 5.74) is 1.04. The summed E-state index contributed by atoms with van der Waals surface area (Å²) < 4.78 is 0. The summed E-state index contributed by atoms with van der Waals surface area (Å²) >= 11 is 1.67. The Morgan fingerprint density at radius 2 is 2.00 bits per heavy atom. The number of thiazole rings is 1. The summed E-state index contributed by atoms with van der Waals surface area (Å²) in [7, 11) is 1.68. The van der Waals surface area contributed by atoms with Gasteiger partial charge in [-0.15, -0.1) is 35.3 Å². The van der Waals surface area contributed by atoms with Crippen molar-refractivity contribution in [2.45, 2.75) is 33.7 Å². The molecule has 1 rings (SSSR count). The third kappa shape index (κ3) is 7.60. The first kappa shape index (κ1) is 20.1. The smallest absolute Gasteiger partial charge is 0.239 e. The van der Waals surface area contributed by atoms with Crippen molar-refractivity contribution in [2.24, 2.45) is 4.99 Å².